The molecule has 1 atom stereocenters. The van der Waals surface area contributed by atoms with E-state index in [1.54, 1.807) is 18.2 Å². The summed E-state index contributed by atoms with van der Waals surface area (Å²) in [6.45, 7) is 0. The lowest BCUT2D eigenvalue weighted by atomic mass is 9.82. The van der Waals surface area contributed by atoms with Crippen LogP contribution in [-0.4, -0.2) is 26.2 Å². The van der Waals surface area contributed by atoms with Gasteiger partial charge < -0.3 is 20.4 Å². The minimum Gasteiger partial charge on any atom is -0.504 e. The number of rotatable bonds is 0. The van der Waals surface area contributed by atoms with E-state index in [2.05, 4.69) is 0 Å². The van der Waals surface area contributed by atoms with E-state index in [-0.39, 0.29) is 16.7 Å². The zero-order valence-corrected chi connectivity index (χ0v) is 9.66. The SMILES string of the molecule is O=C1c2ccccc2C(O)c2cc(O)c(O)c(O)c21. The quantitative estimate of drug-likeness (QED) is 0.536. The van der Waals surface area contributed by atoms with E-state index in [1.807, 2.05) is 0 Å². The van der Waals surface area contributed by atoms with Gasteiger partial charge in [0.05, 0.1) is 5.56 Å². The van der Waals surface area contributed by atoms with E-state index in [0.717, 1.165) is 6.07 Å². The molecule has 0 saturated carbocycles. The maximum absolute atomic E-state index is 12.3. The Morgan fingerprint density at radius 3 is 2.37 bits per heavy atom. The van der Waals surface area contributed by atoms with Gasteiger partial charge in [0.2, 0.25) is 5.75 Å². The fraction of sp³-hybridized carbons (Fsp3) is 0.0714. The van der Waals surface area contributed by atoms with E-state index in [4.69, 9.17) is 0 Å². The Bertz CT molecular complexity index is 705. The van der Waals surface area contributed by atoms with Crippen LogP contribution in [0.2, 0.25) is 0 Å². The molecule has 3 rings (SSSR count). The van der Waals surface area contributed by atoms with Gasteiger partial charge >= 0.3 is 0 Å². The van der Waals surface area contributed by atoms with Gasteiger partial charge in [0.25, 0.3) is 0 Å². The van der Waals surface area contributed by atoms with E-state index in [0.29, 0.717) is 5.56 Å². The summed E-state index contributed by atoms with van der Waals surface area (Å²) in [6, 6.07) is 7.55. The van der Waals surface area contributed by atoms with E-state index >= 15 is 0 Å². The normalized spacial score (nSPS) is 16.9. The summed E-state index contributed by atoms with van der Waals surface area (Å²) < 4.78 is 0. The summed E-state index contributed by atoms with van der Waals surface area (Å²) >= 11 is 0. The molecule has 5 nitrogen and oxygen atoms in total. The van der Waals surface area contributed by atoms with Gasteiger partial charge in [-0.05, 0) is 11.6 Å². The largest absolute Gasteiger partial charge is 0.504 e. The van der Waals surface area contributed by atoms with Crippen LogP contribution in [0.15, 0.2) is 30.3 Å². The Morgan fingerprint density at radius 2 is 1.63 bits per heavy atom. The van der Waals surface area contributed by atoms with Gasteiger partial charge in [0, 0.05) is 11.1 Å². The molecule has 0 spiro atoms. The number of hydrogen-bond acceptors (Lipinski definition) is 5. The molecule has 2 aromatic rings. The first kappa shape index (κ1) is 11.6. The summed E-state index contributed by atoms with van der Waals surface area (Å²) in [5, 5.41) is 39.0. The number of aliphatic hydroxyl groups is 1. The van der Waals surface area contributed by atoms with Crippen molar-refractivity contribution < 1.29 is 25.2 Å². The molecule has 19 heavy (non-hydrogen) atoms. The van der Waals surface area contributed by atoms with Gasteiger partial charge in [-0.15, -0.1) is 0 Å². The van der Waals surface area contributed by atoms with Gasteiger partial charge in [0.1, 0.15) is 6.10 Å². The molecule has 0 heterocycles. The molecule has 5 heteroatoms. The summed E-state index contributed by atoms with van der Waals surface area (Å²) in [5.74, 6) is -2.56. The molecule has 0 bridgehead atoms. The molecule has 0 aliphatic heterocycles. The number of phenolic OH excluding ortho intramolecular Hbond substituents is 3. The van der Waals surface area contributed by atoms with Gasteiger partial charge in [-0.2, -0.15) is 0 Å². The third-order valence-corrected chi connectivity index (χ3v) is 3.31. The molecule has 0 saturated heterocycles. The third kappa shape index (κ3) is 1.42. The minimum atomic E-state index is -1.14. The van der Waals surface area contributed by atoms with Crippen molar-refractivity contribution in [2.24, 2.45) is 0 Å². The van der Waals surface area contributed by atoms with Crippen molar-refractivity contribution in [3.63, 3.8) is 0 Å². The number of fused-ring (bicyclic) bond motifs is 2. The second-order valence-corrected chi connectivity index (χ2v) is 4.38. The average Bonchev–Trinajstić information content (AvgIpc) is 2.42. The Hall–Kier alpha value is -2.53. The first-order chi connectivity index (χ1) is 9.02. The van der Waals surface area contributed by atoms with Crippen LogP contribution in [-0.2, 0) is 0 Å². The zero-order valence-electron chi connectivity index (χ0n) is 9.66. The van der Waals surface area contributed by atoms with Gasteiger partial charge in [0.15, 0.2) is 17.3 Å². The summed E-state index contributed by atoms with van der Waals surface area (Å²) in [6.07, 6.45) is -1.14. The van der Waals surface area contributed by atoms with E-state index in [1.165, 1.54) is 6.07 Å². The third-order valence-electron chi connectivity index (χ3n) is 3.31. The Labute approximate surface area is 108 Å². The second-order valence-electron chi connectivity index (χ2n) is 4.38. The topological polar surface area (TPSA) is 98.0 Å². The van der Waals surface area contributed by atoms with Gasteiger partial charge in [-0.3, -0.25) is 4.79 Å². The summed E-state index contributed by atoms with van der Waals surface area (Å²) in [7, 11) is 0. The molecule has 0 radical (unpaired) electrons. The average molecular weight is 258 g/mol. The fourth-order valence-corrected chi connectivity index (χ4v) is 2.36. The molecule has 0 fully saturated rings. The number of hydrogen-bond donors (Lipinski definition) is 4. The molecule has 1 aliphatic carbocycles. The van der Waals surface area contributed by atoms with Crippen molar-refractivity contribution >= 4 is 5.78 Å². The summed E-state index contributed by atoms with van der Waals surface area (Å²) in [5.41, 5.74) is 0.574. The monoisotopic (exact) mass is 258 g/mol. The maximum atomic E-state index is 12.3. The van der Waals surface area contributed by atoms with Crippen LogP contribution in [0.3, 0.4) is 0 Å². The van der Waals surface area contributed by atoms with E-state index in [9.17, 15) is 25.2 Å². The van der Waals surface area contributed by atoms with Crippen molar-refractivity contribution in [1.82, 2.24) is 0 Å². The predicted octanol–water partition coefficient (Wildman–Crippen LogP) is 1.43. The predicted molar refractivity (Wildman–Crippen MR) is 65.4 cm³/mol. The van der Waals surface area contributed by atoms with Crippen molar-refractivity contribution in [2.75, 3.05) is 0 Å². The van der Waals surface area contributed by atoms with Crippen LogP contribution in [0.5, 0.6) is 17.2 Å². The van der Waals surface area contributed by atoms with Crippen molar-refractivity contribution in [1.29, 1.82) is 0 Å². The van der Waals surface area contributed by atoms with Crippen LogP contribution < -0.4 is 0 Å². The van der Waals surface area contributed by atoms with Gasteiger partial charge in [-0.25, -0.2) is 0 Å². The fourth-order valence-electron chi connectivity index (χ4n) is 2.36. The van der Waals surface area contributed by atoms with Gasteiger partial charge in [-0.1, -0.05) is 24.3 Å². The molecular weight excluding hydrogens is 248 g/mol. The van der Waals surface area contributed by atoms with Crippen molar-refractivity contribution in [2.45, 2.75) is 6.10 Å². The van der Waals surface area contributed by atoms with Crippen LogP contribution in [0.1, 0.15) is 33.2 Å². The maximum Gasteiger partial charge on any atom is 0.201 e. The number of aromatic hydroxyl groups is 3. The molecule has 1 aliphatic rings. The number of carbonyl (C=O) groups is 1. The standard InChI is InChI=1S/C14H10O5/c15-9-5-8-10(14(19)13(9)18)12(17)7-4-2-1-3-6(7)11(8)16/h1-5,11,15-16,18-19H. The van der Waals surface area contributed by atoms with Crippen LogP contribution in [0, 0.1) is 0 Å². The number of ketones is 1. The lowest BCUT2D eigenvalue weighted by Crippen LogP contribution is -2.19. The molecular formula is C14H10O5. The second kappa shape index (κ2) is 3.73. The lowest BCUT2D eigenvalue weighted by molar-refractivity contribution is 0.101. The Morgan fingerprint density at radius 1 is 0.947 bits per heavy atom. The Balaban J connectivity index is 2.36. The highest BCUT2D eigenvalue weighted by molar-refractivity contribution is 6.14. The van der Waals surface area contributed by atoms with Crippen molar-refractivity contribution in [3.05, 3.63) is 52.6 Å². The van der Waals surface area contributed by atoms with Crippen LogP contribution in [0.25, 0.3) is 0 Å². The molecule has 0 amide bonds. The minimum absolute atomic E-state index is 0.0801. The molecule has 4 N–H and O–H groups in total. The van der Waals surface area contributed by atoms with Crippen LogP contribution in [0.4, 0.5) is 0 Å². The highest BCUT2D eigenvalue weighted by atomic mass is 16.3. The molecule has 0 aromatic heterocycles. The molecule has 96 valence electrons. The number of aliphatic hydroxyl groups excluding tert-OH is 1. The number of benzene rings is 2. The van der Waals surface area contributed by atoms with E-state index < -0.39 is 29.1 Å². The smallest absolute Gasteiger partial charge is 0.201 e. The number of carbonyl (C=O) groups excluding carboxylic acids is 1. The molecule has 2 aromatic carbocycles. The first-order valence-electron chi connectivity index (χ1n) is 5.62. The van der Waals surface area contributed by atoms with Crippen LogP contribution >= 0.6 is 0 Å². The first-order valence-corrected chi connectivity index (χ1v) is 5.62. The zero-order chi connectivity index (χ0) is 13.7. The summed E-state index contributed by atoms with van der Waals surface area (Å²) in [4.78, 5) is 12.3. The highest BCUT2D eigenvalue weighted by Gasteiger charge is 2.34. The molecule has 1 unspecified atom stereocenters. The Kier molecular flexibility index (Phi) is 2.27. The number of phenols is 3. The highest BCUT2D eigenvalue weighted by Crippen LogP contribution is 2.46. The lowest BCUT2D eigenvalue weighted by Gasteiger charge is -2.24. The van der Waals surface area contributed by atoms with Crippen molar-refractivity contribution in [3.8, 4) is 17.2 Å².